The van der Waals surface area contributed by atoms with Gasteiger partial charge in [0.2, 0.25) is 0 Å². The number of anilines is 1. The van der Waals surface area contributed by atoms with Gasteiger partial charge < -0.3 is 14.8 Å². The van der Waals surface area contributed by atoms with Gasteiger partial charge in [-0.25, -0.2) is 0 Å². The SMILES string of the molecule is CCc1ccc(OCc2nnsc2NC)c(OC)c1. The molecule has 1 aromatic heterocycles. The Kier molecular flexibility index (Phi) is 4.57. The van der Waals surface area contributed by atoms with Crippen molar-refractivity contribution < 1.29 is 9.47 Å². The van der Waals surface area contributed by atoms with E-state index in [1.165, 1.54) is 17.1 Å². The van der Waals surface area contributed by atoms with E-state index in [0.717, 1.165) is 28.6 Å². The first-order valence-electron chi connectivity index (χ1n) is 6.07. The molecule has 1 aromatic carbocycles. The number of nitrogens with one attached hydrogen (secondary N) is 1. The topological polar surface area (TPSA) is 56.3 Å². The average Bonchev–Trinajstić information content (AvgIpc) is 2.92. The molecule has 0 unspecified atom stereocenters. The summed E-state index contributed by atoms with van der Waals surface area (Å²) in [7, 11) is 3.49. The van der Waals surface area contributed by atoms with Gasteiger partial charge in [0.05, 0.1) is 7.11 Å². The van der Waals surface area contributed by atoms with Crippen LogP contribution in [0.3, 0.4) is 0 Å². The fourth-order valence-corrected chi connectivity index (χ4v) is 2.21. The van der Waals surface area contributed by atoms with Gasteiger partial charge in [0, 0.05) is 18.6 Å². The molecule has 2 aromatic rings. The highest BCUT2D eigenvalue weighted by Crippen LogP contribution is 2.29. The maximum Gasteiger partial charge on any atom is 0.161 e. The van der Waals surface area contributed by atoms with Crippen LogP contribution in [0.4, 0.5) is 5.00 Å². The van der Waals surface area contributed by atoms with E-state index in [4.69, 9.17) is 9.47 Å². The van der Waals surface area contributed by atoms with Crippen molar-refractivity contribution in [2.24, 2.45) is 0 Å². The van der Waals surface area contributed by atoms with E-state index in [-0.39, 0.29) is 0 Å². The third kappa shape index (κ3) is 3.14. The predicted octanol–water partition coefficient (Wildman–Crippen LogP) is 2.73. The third-order valence-electron chi connectivity index (χ3n) is 2.78. The molecule has 0 aliphatic heterocycles. The van der Waals surface area contributed by atoms with Crippen LogP contribution < -0.4 is 14.8 Å². The third-order valence-corrected chi connectivity index (χ3v) is 3.57. The van der Waals surface area contributed by atoms with Gasteiger partial charge in [0.25, 0.3) is 0 Å². The summed E-state index contributed by atoms with van der Waals surface area (Å²) in [5, 5.41) is 7.99. The number of rotatable bonds is 6. The maximum atomic E-state index is 5.75. The minimum absolute atomic E-state index is 0.370. The normalized spacial score (nSPS) is 10.3. The van der Waals surface area contributed by atoms with Crippen LogP contribution in [0, 0.1) is 0 Å². The summed E-state index contributed by atoms with van der Waals surface area (Å²) in [6.07, 6.45) is 0.969. The highest BCUT2D eigenvalue weighted by molar-refractivity contribution is 7.10. The van der Waals surface area contributed by atoms with Gasteiger partial charge in [0.15, 0.2) is 11.5 Å². The monoisotopic (exact) mass is 279 g/mol. The smallest absolute Gasteiger partial charge is 0.161 e. The van der Waals surface area contributed by atoms with E-state index in [9.17, 15) is 0 Å². The molecule has 19 heavy (non-hydrogen) atoms. The minimum Gasteiger partial charge on any atom is -0.493 e. The molecule has 0 spiro atoms. The van der Waals surface area contributed by atoms with Crippen molar-refractivity contribution in [2.45, 2.75) is 20.0 Å². The zero-order valence-electron chi connectivity index (χ0n) is 11.3. The summed E-state index contributed by atoms with van der Waals surface area (Å²) >= 11 is 1.32. The molecule has 0 bridgehead atoms. The van der Waals surface area contributed by atoms with E-state index in [1.807, 2.05) is 25.2 Å². The fourth-order valence-electron chi connectivity index (χ4n) is 1.69. The van der Waals surface area contributed by atoms with Crippen LogP contribution in [0.5, 0.6) is 11.5 Å². The zero-order chi connectivity index (χ0) is 13.7. The van der Waals surface area contributed by atoms with Gasteiger partial charge in [-0.2, -0.15) is 0 Å². The van der Waals surface area contributed by atoms with Crippen molar-refractivity contribution >= 4 is 16.5 Å². The molecule has 0 aliphatic rings. The summed E-state index contributed by atoms with van der Waals surface area (Å²) < 4.78 is 15.0. The number of hydrogen-bond acceptors (Lipinski definition) is 6. The van der Waals surface area contributed by atoms with Crippen LogP contribution in [0.25, 0.3) is 0 Å². The molecule has 0 aliphatic carbocycles. The quantitative estimate of drug-likeness (QED) is 0.881. The Labute approximate surface area is 116 Å². The van der Waals surface area contributed by atoms with Gasteiger partial charge in [-0.3, -0.25) is 0 Å². The highest BCUT2D eigenvalue weighted by Gasteiger charge is 2.10. The number of aryl methyl sites for hydroxylation is 1. The molecule has 0 saturated carbocycles. The van der Waals surface area contributed by atoms with Gasteiger partial charge in [-0.15, -0.1) is 5.10 Å². The molecule has 1 N–H and O–H groups in total. The minimum atomic E-state index is 0.370. The van der Waals surface area contributed by atoms with E-state index >= 15 is 0 Å². The van der Waals surface area contributed by atoms with E-state index in [0.29, 0.717) is 6.61 Å². The van der Waals surface area contributed by atoms with Gasteiger partial charge in [-0.1, -0.05) is 17.5 Å². The molecular formula is C13H17N3O2S. The Morgan fingerprint density at radius 1 is 1.32 bits per heavy atom. The summed E-state index contributed by atoms with van der Waals surface area (Å²) in [4.78, 5) is 0. The molecule has 102 valence electrons. The van der Waals surface area contributed by atoms with Crippen molar-refractivity contribution in [1.29, 1.82) is 0 Å². The fraction of sp³-hybridized carbons (Fsp3) is 0.385. The molecule has 2 rings (SSSR count). The predicted molar refractivity (Wildman–Crippen MR) is 76.2 cm³/mol. The first-order chi connectivity index (χ1) is 9.28. The van der Waals surface area contributed by atoms with Crippen LogP contribution >= 0.6 is 11.5 Å². The Morgan fingerprint density at radius 2 is 2.16 bits per heavy atom. The van der Waals surface area contributed by atoms with E-state index in [1.54, 1.807) is 7.11 Å². The van der Waals surface area contributed by atoms with Gasteiger partial charge >= 0.3 is 0 Å². The number of hydrogen-bond donors (Lipinski definition) is 1. The maximum absolute atomic E-state index is 5.75. The molecule has 0 saturated heterocycles. The van der Waals surface area contributed by atoms with Crippen molar-refractivity contribution in [3.63, 3.8) is 0 Å². The van der Waals surface area contributed by atoms with Crippen LogP contribution in [0.1, 0.15) is 18.2 Å². The highest BCUT2D eigenvalue weighted by atomic mass is 32.1. The Morgan fingerprint density at radius 3 is 2.84 bits per heavy atom. The first-order valence-corrected chi connectivity index (χ1v) is 6.84. The second kappa shape index (κ2) is 6.38. The summed E-state index contributed by atoms with van der Waals surface area (Å²) in [6.45, 7) is 2.48. The van der Waals surface area contributed by atoms with Crippen LogP contribution in [-0.2, 0) is 13.0 Å². The molecule has 0 radical (unpaired) electrons. The van der Waals surface area contributed by atoms with Crippen LogP contribution in [0.2, 0.25) is 0 Å². The Bertz CT molecular complexity index is 542. The Hall–Kier alpha value is -1.82. The molecule has 0 fully saturated rings. The number of nitrogens with zero attached hydrogens (tertiary/aromatic N) is 2. The molecule has 0 atom stereocenters. The number of benzene rings is 1. The lowest BCUT2D eigenvalue weighted by Gasteiger charge is -2.11. The Balaban J connectivity index is 2.11. The average molecular weight is 279 g/mol. The number of methoxy groups -OCH3 is 1. The zero-order valence-corrected chi connectivity index (χ0v) is 12.1. The molecule has 1 heterocycles. The molecule has 5 nitrogen and oxygen atoms in total. The summed E-state index contributed by atoms with van der Waals surface area (Å²) in [5.41, 5.74) is 2.02. The van der Waals surface area contributed by atoms with Crippen molar-refractivity contribution in [3.8, 4) is 11.5 Å². The van der Waals surface area contributed by atoms with Crippen LogP contribution in [0.15, 0.2) is 18.2 Å². The van der Waals surface area contributed by atoms with E-state index in [2.05, 4.69) is 21.8 Å². The molecule has 6 heteroatoms. The van der Waals surface area contributed by atoms with Crippen molar-refractivity contribution in [1.82, 2.24) is 9.59 Å². The van der Waals surface area contributed by atoms with Gasteiger partial charge in [-0.05, 0) is 24.1 Å². The summed E-state index contributed by atoms with van der Waals surface area (Å²) in [6, 6.07) is 5.96. The van der Waals surface area contributed by atoms with Crippen molar-refractivity contribution in [3.05, 3.63) is 29.5 Å². The van der Waals surface area contributed by atoms with E-state index < -0.39 is 0 Å². The number of ether oxygens (including phenoxy) is 2. The second-order valence-corrected chi connectivity index (χ2v) is 4.68. The first kappa shape index (κ1) is 13.6. The largest absolute Gasteiger partial charge is 0.493 e. The van der Waals surface area contributed by atoms with Crippen molar-refractivity contribution in [2.75, 3.05) is 19.5 Å². The second-order valence-electron chi connectivity index (χ2n) is 3.93. The lowest BCUT2D eigenvalue weighted by molar-refractivity contribution is 0.281. The lowest BCUT2D eigenvalue weighted by atomic mass is 10.1. The molecule has 0 amide bonds. The van der Waals surface area contributed by atoms with Gasteiger partial charge in [0.1, 0.15) is 17.3 Å². The van der Waals surface area contributed by atoms with Crippen LogP contribution in [-0.4, -0.2) is 23.7 Å². The lowest BCUT2D eigenvalue weighted by Crippen LogP contribution is -2.01. The number of aromatic nitrogens is 2. The standard InChI is InChI=1S/C13H17N3O2S/c1-4-9-5-6-11(12(7-9)17-3)18-8-10-13(14-2)19-16-15-10/h5-7,14H,4,8H2,1-3H3. The summed E-state index contributed by atoms with van der Waals surface area (Å²) in [5.74, 6) is 1.46. The molecular weight excluding hydrogens is 262 g/mol.